The number of nitrogens with one attached hydrogen (secondary N) is 1. The molecule has 4 nitrogen and oxygen atoms in total. The summed E-state index contributed by atoms with van der Waals surface area (Å²) in [6, 6.07) is 1.19. The summed E-state index contributed by atoms with van der Waals surface area (Å²) in [5, 5.41) is 3.33. The maximum absolute atomic E-state index is 5.78. The molecule has 0 radical (unpaired) electrons. The second-order valence-corrected chi connectivity index (χ2v) is 8.97. The zero-order chi connectivity index (χ0) is 12.6. The van der Waals surface area contributed by atoms with Crippen LogP contribution in [0.3, 0.4) is 0 Å². The summed E-state index contributed by atoms with van der Waals surface area (Å²) < 4.78 is 5.78. The molecule has 0 bridgehead atoms. The second kappa shape index (κ2) is 7.68. The van der Waals surface area contributed by atoms with Crippen LogP contribution in [0.15, 0.2) is 4.99 Å². The van der Waals surface area contributed by atoms with Gasteiger partial charge in [-0.3, -0.25) is 4.99 Å². The first-order valence-electron chi connectivity index (χ1n) is 5.95. The van der Waals surface area contributed by atoms with Crippen molar-refractivity contribution in [2.45, 2.75) is 32.5 Å². The van der Waals surface area contributed by atoms with Gasteiger partial charge >= 0.3 is 0 Å². The fourth-order valence-electron chi connectivity index (χ4n) is 1.61. The van der Waals surface area contributed by atoms with Gasteiger partial charge in [-0.2, -0.15) is 0 Å². The van der Waals surface area contributed by atoms with E-state index in [-0.39, 0.29) is 0 Å². The molecule has 0 fully saturated rings. The maximum Gasteiger partial charge on any atom is 0.193 e. The van der Waals surface area contributed by atoms with Crippen LogP contribution in [0.25, 0.3) is 0 Å². The normalized spacial score (nSPS) is 12.8. The third-order valence-electron chi connectivity index (χ3n) is 2.41. The van der Waals surface area contributed by atoms with E-state index in [4.69, 9.17) is 4.43 Å². The minimum atomic E-state index is -1.41. The summed E-state index contributed by atoms with van der Waals surface area (Å²) in [5.74, 6) is 0.941. The highest BCUT2D eigenvalue weighted by atomic mass is 28.4. The van der Waals surface area contributed by atoms with Gasteiger partial charge in [0.15, 0.2) is 14.3 Å². The van der Waals surface area contributed by atoms with E-state index < -0.39 is 8.32 Å². The van der Waals surface area contributed by atoms with E-state index in [1.54, 1.807) is 7.05 Å². The highest BCUT2D eigenvalue weighted by Gasteiger charge is 2.20. The van der Waals surface area contributed by atoms with Gasteiger partial charge in [-0.15, -0.1) is 0 Å². The summed E-state index contributed by atoms with van der Waals surface area (Å²) in [6.07, 6.45) is 1.14. The number of hydrogen-bond donors (Lipinski definition) is 1. The number of hydrogen-bond acceptors (Lipinski definition) is 2. The molecule has 0 aliphatic carbocycles. The molecule has 0 unspecified atom stereocenters. The minimum Gasteiger partial charge on any atom is -0.418 e. The van der Waals surface area contributed by atoms with Crippen molar-refractivity contribution >= 4 is 14.3 Å². The van der Waals surface area contributed by atoms with E-state index in [9.17, 15) is 0 Å². The molecule has 0 aromatic rings. The topological polar surface area (TPSA) is 36.9 Å². The molecule has 0 aliphatic heterocycles. The molecular weight excluding hydrogens is 218 g/mol. The predicted octanol–water partition coefficient (Wildman–Crippen LogP) is 1.76. The molecule has 0 rings (SSSR count). The summed E-state index contributed by atoms with van der Waals surface area (Å²) in [4.78, 5) is 6.16. The highest BCUT2D eigenvalue weighted by molar-refractivity contribution is 6.71. The van der Waals surface area contributed by atoms with Crippen molar-refractivity contribution < 1.29 is 4.43 Å². The Labute approximate surface area is 101 Å². The molecular formula is C11H27N3OSi. The smallest absolute Gasteiger partial charge is 0.193 e. The molecule has 0 aromatic heterocycles. The fourth-order valence-corrected chi connectivity index (χ4v) is 3.57. The molecule has 0 aliphatic rings. The van der Waals surface area contributed by atoms with Gasteiger partial charge in [0.25, 0.3) is 0 Å². The Bertz CT molecular complexity index is 217. The highest BCUT2D eigenvalue weighted by Crippen LogP contribution is 2.12. The number of guanidine groups is 1. The number of rotatable bonds is 6. The van der Waals surface area contributed by atoms with E-state index in [2.05, 4.69) is 30.3 Å². The summed E-state index contributed by atoms with van der Waals surface area (Å²) in [5.41, 5.74) is 0. The second-order valence-electron chi connectivity index (χ2n) is 4.66. The van der Waals surface area contributed by atoms with E-state index >= 15 is 0 Å². The zero-order valence-corrected chi connectivity index (χ0v) is 12.6. The monoisotopic (exact) mass is 245 g/mol. The van der Waals surface area contributed by atoms with Crippen molar-refractivity contribution in [3.63, 3.8) is 0 Å². The van der Waals surface area contributed by atoms with Gasteiger partial charge < -0.3 is 14.6 Å². The molecule has 16 heavy (non-hydrogen) atoms. The lowest BCUT2D eigenvalue weighted by atomic mass is 10.5. The average molecular weight is 245 g/mol. The van der Waals surface area contributed by atoms with Crippen LogP contribution in [-0.2, 0) is 4.43 Å². The Morgan fingerprint density at radius 2 is 2.00 bits per heavy atom. The van der Waals surface area contributed by atoms with Crippen molar-refractivity contribution in [3.05, 3.63) is 0 Å². The van der Waals surface area contributed by atoms with Crippen LogP contribution in [-0.4, -0.2) is 53.5 Å². The van der Waals surface area contributed by atoms with E-state index in [1.807, 2.05) is 19.0 Å². The quantitative estimate of drug-likeness (QED) is 0.335. The van der Waals surface area contributed by atoms with Crippen molar-refractivity contribution in [2.75, 3.05) is 34.3 Å². The Morgan fingerprint density at radius 3 is 2.44 bits per heavy atom. The summed E-state index contributed by atoms with van der Waals surface area (Å²) in [6.45, 7) is 8.43. The van der Waals surface area contributed by atoms with E-state index in [0.717, 1.165) is 25.5 Å². The van der Waals surface area contributed by atoms with Gasteiger partial charge in [-0.25, -0.2) is 0 Å². The van der Waals surface area contributed by atoms with Crippen LogP contribution in [0.4, 0.5) is 0 Å². The van der Waals surface area contributed by atoms with Crippen molar-refractivity contribution in [1.82, 2.24) is 10.2 Å². The SMILES string of the molecule is CCO[Si](C)(C)CCCNC(=NC)N(C)C. The summed E-state index contributed by atoms with van der Waals surface area (Å²) in [7, 11) is 4.39. The largest absolute Gasteiger partial charge is 0.418 e. The number of nitrogens with zero attached hydrogens (tertiary/aromatic N) is 2. The van der Waals surface area contributed by atoms with Crippen LogP contribution < -0.4 is 5.32 Å². The first kappa shape index (κ1) is 15.4. The molecule has 5 heteroatoms. The Balaban J connectivity index is 3.75. The fraction of sp³-hybridized carbons (Fsp3) is 0.909. The van der Waals surface area contributed by atoms with Gasteiger partial charge in [0, 0.05) is 34.3 Å². The maximum atomic E-state index is 5.78. The van der Waals surface area contributed by atoms with Crippen molar-refractivity contribution in [1.29, 1.82) is 0 Å². The Kier molecular flexibility index (Phi) is 7.41. The molecule has 0 atom stereocenters. The van der Waals surface area contributed by atoms with Crippen LogP contribution in [0.1, 0.15) is 13.3 Å². The summed E-state index contributed by atoms with van der Waals surface area (Å²) >= 11 is 0. The van der Waals surface area contributed by atoms with E-state index in [1.165, 1.54) is 6.04 Å². The van der Waals surface area contributed by atoms with Crippen LogP contribution in [0, 0.1) is 0 Å². The van der Waals surface area contributed by atoms with Gasteiger partial charge in [0.2, 0.25) is 0 Å². The van der Waals surface area contributed by atoms with Crippen molar-refractivity contribution in [3.8, 4) is 0 Å². The van der Waals surface area contributed by atoms with E-state index in [0.29, 0.717) is 0 Å². The lowest BCUT2D eigenvalue weighted by Gasteiger charge is -2.22. The lowest BCUT2D eigenvalue weighted by Crippen LogP contribution is -2.38. The third kappa shape index (κ3) is 6.84. The zero-order valence-electron chi connectivity index (χ0n) is 11.6. The van der Waals surface area contributed by atoms with Gasteiger partial charge in [-0.1, -0.05) is 0 Å². The molecule has 0 amide bonds. The molecule has 0 spiro atoms. The molecule has 0 heterocycles. The Hall–Kier alpha value is -0.553. The molecule has 0 saturated carbocycles. The van der Waals surface area contributed by atoms with Gasteiger partial charge in [0.05, 0.1) is 0 Å². The van der Waals surface area contributed by atoms with Gasteiger partial charge in [-0.05, 0) is 32.5 Å². The van der Waals surface area contributed by atoms with Crippen molar-refractivity contribution in [2.24, 2.45) is 4.99 Å². The van der Waals surface area contributed by atoms with Crippen LogP contribution >= 0.6 is 0 Å². The third-order valence-corrected chi connectivity index (χ3v) is 5.04. The number of aliphatic imine (C=N–C) groups is 1. The molecule has 96 valence electrons. The molecule has 0 saturated heterocycles. The standard InChI is InChI=1S/C11H27N3OSi/c1-7-15-16(5,6)10-8-9-13-11(12-2)14(3)4/h7-10H2,1-6H3,(H,12,13). The van der Waals surface area contributed by atoms with Gasteiger partial charge in [0.1, 0.15) is 0 Å². The first-order valence-corrected chi connectivity index (χ1v) is 9.06. The lowest BCUT2D eigenvalue weighted by molar-refractivity contribution is 0.328. The first-order chi connectivity index (χ1) is 7.43. The van der Waals surface area contributed by atoms with Crippen LogP contribution in [0.5, 0.6) is 0 Å². The minimum absolute atomic E-state index is 0.839. The van der Waals surface area contributed by atoms with Crippen LogP contribution in [0.2, 0.25) is 19.1 Å². The molecule has 1 N–H and O–H groups in total. The Morgan fingerprint density at radius 1 is 1.38 bits per heavy atom. The average Bonchev–Trinajstić information content (AvgIpc) is 2.17. The predicted molar refractivity (Wildman–Crippen MR) is 73.6 cm³/mol. The molecule has 0 aromatic carbocycles.